The number of carbonyl (C=O) groups excluding carboxylic acids is 1. The molecule has 0 spiro atoms. The van der Waals surface area contributed by atoms with Gasteiger partial charge in [0.05, 0.1) is 13.5 Å². The second-order valence-corrected chi connectivity index (χ2v) is 4.29. The number of nitrogens with two attached hydrogens (primary N) is 1. The Balaban J connectivity index is 2.46. The van der Waals surface area contributed by atoms with Gasteiger partial charge < -0.3 is 21.0 Å². The van der Waals surface area contributed by atoms with Crippen LogP contribution in [-0.2, 0) is 11.2 Å². The summed E-state index contributed by atoms with van der Waals surface area (Å²) in [6.45, 7) is 1.80. The van der Waals surface area contributed by atoms with Gasteiger partial charge in [-0.1, -0.05) is 17.3 Å². The average molecular weight is 265 g/mol. The molecule has 104 valence electrons. The molecule has 0 aliphatic carbocycles. The maximum Gasteiger partial charge on any atom is 0.224 e. The van der Waals surface area contributed by atoms with Crippen molar-refractivity contribution >= 4 is 11.7 Å². The van der Waals surface area contributed by atoms with Crippen LogP contribution in [-0.4, -0.2) is 30.1 Å². The van der Waals surface area contributed by atoms with Gasteiger partial charge in [-0.15, -0.1) is 0 Å². The molecule has 0 aliphatic heterocycles. The summed E-state index contributed by atoms with van der Waals surface area (Å²) in [7, 11) is 1.59. The molecule has 19 heavy (non-hydrogen) atoms. The number of ether oxygens (including phenoxy) is 1. The van der Waals surface area contributed by atoms with E-state index in [9.17, 15) is 4.79 Å². The van der Waals surface area contributed by atoms with Crippen molar-refractivity contribution in [3.8, 4) is 5.75 Å². The van der Waals surface area contributed by atoms with E-state index in [0.29, 0.717) is 6.42 Å². The summed E-state index contributed by atoms with van der Waals surface area (Å²) in [6, 6.07) is 7.12. The minimum atomic E-state index is -0.179. The summed E-state index contributed by atoms with van der Waals surface area (Å²) in [6.07, 6.45) is 0.593. The first-order valence-electron chi connectivity index (χ1n) is 5.94. The standard InChI is InChI=1S/C13H19N3O3/c1-9(7-12(14)16-18)15-13(17)8-10-3-5-11(19-2)6-4-10/h3-6,9,18H,7-8H2,1-2H3,(H2,14,16)(H,15,17). The molecule has 1 aromatic carbocycles. The van der Waals surface area contributed by atoms with Crippen molar-refractivity contribution in [1.29, 1.82) is 0 Å². The fourth-order valence-electron chi connectivity index (χ4n) is 1.66. The topological polar surface area (TPSA) is 96.9 Å². The van der Waals surface area contributed by atoms with E-state index in [1.54, 1.807) is 14.0 Å². The van der Waals surface area contributed by atoms with E-state index in [-0.39, 0.29) is 24.2 Å². The molecule has 0 saturated carbocycles. The highest BCUT2D eigenvalue weighted by Crippen LogP contribution is 2.11. The van der Waals surface area contributed by atoms with Crippen molar-refractivity contribution in [2.45, 2.75) is 25.8 Å². The number of methoxy groups -OCH3 is 1. The zero-order valence-corrected chi connectivity index (χ0v) is 11.1. The summed E-state index contributed by atoms with van der Waals surface area (Å²) in [5.41, 5.74) is 6.27. The minimum absolute atomic E-state index is 0.0947. The number of nitrogens with zero attached hydrogens (tertiary/aromatic N) is 1. The third-order valence-corrected chi connectivity index (χ3v) is 2.57. The monoisotopic (exact) mass is 265 g/mol. The highest BCUT2D eigenvalue weighted by atomic mass is 16.5. The lowest BCUT2D eigenvalue weighted by Gasteiger charge is -2.13. The van der Waals surface area contributed by atoms with Gasteiger partial charge >= 0.3 is 0 Å². The highest BCUT2D eigenvalue weighted by molar-refractivity contribution is 5.82. The van der Waals surface area contributed by atoms with Gasteiger partial charge in [-0.05, 0) is 24.6 Å². The first-order valence-corrected chi connectivity index (χ1v) is 5.94. The minimum Gasteiger partial charge on any atom is -0.497 e. The lowest BCUT2D eigenvalue weighted by Crippen LogP contribution is -2.36. The van der Waals surface area contributed by atoms with Gasteiger partial charge in [-0.25, -0.2) is 0 Å². The third-order valence-electron chi connectivity index (χ3n) is 2.57. The lowest BCUT2D eigenvalue weighted by atomic mass is 10.1. The van der Waals surface area contributed by atoms with E-state index in [1.807, 2.05) is 24.3 Å². The summed E-state index contributed by atoms with van der Waals surface area (Å²) < 4.78 is 5.04. The lowest BCUT2D eigenvalue weighted by molar-refractivity contribution is -0.121. The molecule has 0 bridgehead atoms. The number of carbonyl (C=O) groups is 1. The van der Waals surface area contributed by atoms with Gasteiger partial charge in [0.15, 0.2) is 0 Å². The summed E-state index contributed by atoms with van der Waals surface area (Å²) in [5, 5.41) is 14.1. The first kappa shape index (κ1) is 14.8. The van der Waals surface area contributed by atoms with E-state index in [1.165, 1.54) is 0 Å². The Hall–Kier alpha value is -2.24. The molecule has 6 nitrogen and oxygen atoms in total. The van der Waals surface area contributed by atoms with Crippen LogP contribution in [0.1, 0.15) is 18.9 Å². The van der Waals surface area contributed by atoms with Gasteiger partial charge in [0.25, 0.3) is 0 Å². The predicted octanol–water partition coefficient (Wildman–Crippen LogP) is 0.879. The fraction of sp³-hybridized carbons (Fsp3) is 0.385. The molecule has 4 N–H and O–H groups in total. The Morgan fingerprint density at radius 2 is 2.11 bits per heavy atom. The quantitative estimate of drug-likeness (QED) is 0.308. The molecule has 1 unspecified atom stereocenters. The number of hydrogen-bond donors (Lipinski definition) is 3. The van der Waals surface area contributed by atoms with E-state index in [0.717, 1.165) is 11.3 Å². The van der Waals surface area contributed by atoms with Crippen LogP contribution >= 0.6 is 0 Å². The number of benzene rings is 1. The molecule has 1 aromatic rings. The predicted molar refractivity (Wildman–Crippen MR) is 72.3 cm³/mol. The maximum atomic E-state index is 11.8. The molecule has 1 rings (SSSR count). The van der Waals surface area contributed by atoms with Crippen LogP contribution in [0.15, 0.2) is 29.4 Å². The largest absolute Gasteiger partial charge is 0.497 e. The van der Waals surface area contributed by atoms with Crippen LogP contribution in [0.5, 0.6) is 5.75 Å². The van der Waals surface area contributed by atoms with Crippen LogP contribution in [0.4, 0.5) is 0 Å². The zero-order chi connectivity index (χ0) is 14.3. The highest BCUT2D eigenvalue weighted by Gasteiger charge is 2.10. The number of amides is 1. The molecule has 0 aromatic heterocycles. The van der Waals surface area contributed by atoms with Gasteiger partial charge in [-0.2, -0.15) is 0 Å². The van der Waals surface area contributed by atoms with Crippen molar-refractivity contribution in [2.24, 2.45) is 10.9 Å². The molecule has 1 atom stereocenters. The van der Waals surface area contributed by atoms with Crippen molar-refractivity contribution in [3.05, 3.63) is 29.8 Å². The Bertz CT molecular complexity index is 443. The van der Waals surface area contributed by atoms with Crippen LogP contribution in [0.3, 0.4) is 0 Å². The number of amidine groups is 1. The summed E-state index contributed by atoms with van der Waals surface area (Å²) in [4.78, 5) is 11.8. The average Bonchev–Trinajstić information content (AvgIpc) is 2.39. The normalized spacial score (nSPS) is 12.8. The Morgan fingerprint density at radius 3 is 2.63 bits per heavy atom. The number of hydrogen-bond acceptors (Lipinski definition) is 4. The molecular weight excluding hydrogens is 246 g/mol. The molecule has 0 aliphatic rings. The maximum absolute atomic E-state index is 11.8. The SMILES string of the molecule is COc1ccc(CC(=O)NC(C)CC(N)=NO)cc1. The fourth-order valence-corrected chi connectivity index (χ4v) is 1.66. The summed E-state index contributed by atoms with van der Waals surface area (Å²) >= 11 is 0. The number of nitrogens with one attached hydrogen (secondary N) is 1. The molecule has 0 fully saturated rings. The number of rotatable bonds is 6. The van der Waals surface area contributed by atoms with Crippen molar-refractivity contribution in [2.75, 3.05) is 7.11 Å². The molecule has 0 saturated heterocycles. The Morgan fingerprint density at radius 1 is 1.47 bits per heavy atom. The Kier molecular flexibility index (Phi) is 5.66. The Labute approximate surface area is 112 Å². The van der Waals surface area contributed by atoms with Crippen LogP contribution < -0.4 is 15.8 Å². The molecular formula is C13H19N3O3. The van der Waals surface area contributed by atoms with Crippen molar-refractivity contribution in [3.63, 3.8) is 0 Å². The molecule has 0 radical (unpaired) electrons. The van der Waals surface area contributed by atoms with Crippen LogP contribution in [0.2, 0.25) is 0 Å². The molecule has 0 heterocycles. The van der Waals surface area contributed by atoms with Crippen LogP contribution in [0.25, 0.3) is 0 Å². The summed E-state index contributed by atoms with van der Waals surface area (Å²) in [5.74, 6) is 0.741. The molecule has 6 heteroatoms. The van der Waals surface area contributed by atoms with Crippen molar-refractivity contribution < 1.29 is 14.7 Å². The van der Waals surface area contributed by atoms with Crippen molar-refractivity contribution in [1.82, 2.24) is 5.32 Å². The van der Waals surface area contributed by atoms with Gasteiger partial charge in [0.1, 0.15) is 11.6 Å². The zero-order valence-electron chi connectivity index (χ0n) is 11.1. The second kappa shape index (κ2) is 7.25. The number of oxime groups is 1. The molecule has 1 amide bonds. The van der Waals surface area contributed by atoms with E-state index < -0.39 is 0 Å². The van der Waals surface area contributed by atoms with E-state index in [2.05, 4.69) is 10.5 Å². The van der Waals surface area contributed by atoms with Gasteiger partial charge in [-0.3, -0.25) is 4.79 Å². The second-order valence-electron chi connectivity index (χ2n) is 4.29. The van der Waals surface area contributed by atoms with Crippen LogP contribution in [0, 0.1) is 0 Å². The van der Waals surface area contributed by atoms with Gasteiger partial charge in [0, 0.05) is 12.5 Å². The first-order chi connectivity index (χ1) is 9.05. The third kappa shape index (κ3) is 5.29. The van der Waals surface area contributed by atoms with E-state index >= 15 is 0 Å². The smallest absolute Gasteiger partial charge is 0.224 e. The van der Waals surface area contributed by atoms with Gasteiger partial charge in [0.2, 0.25) is 5.91 Å². The van der Waals surface area contributed by atoms with E-state index in [4.69, 9.17) is 15.7 Å².